The van der Waals surface area contributed by atoms with E-state index in [-0.39, 0.29) is 17.2 Å². The Morgan fingerprint density at radius 2 is 2.23 bits per heavy atom. The minimum Gasteiger partial charge on any atom is -0.383 e. The smallest absolute Gasteiger partial charge is 0.255 e. The average Bonchev–Trinajstić information content (AvgIpc) is 2.68. The molecule has 3 heterocycles. The number of nitrogens with zero attached hydrogens (tertiary/aromatic N) is 4. The minimum absolute atomic E-state index is 0.0322. The highest BCUT2D eigenvalue weighted by atomic mass is 16.5. The van der Waals surface area contributed by atoms with Crippen molar-refractivity contribution in [3.63, 3.8) is 0 Å². The molecule has 7 heteroatoms. The monoisotopic (exact) mass is 356 g/mol. The summed E-state index contributed by atoms with van der Waals surface area (Å²) >= 11 is 0. The standard InChI is InChI=1S/C19H24N4O3/c1-26-10-9-22-13-19(7-5-17(22)24)6-2-8-23(14-19)18(25)15-3-4-16(11-20)21-12-15/h3-4,12H,2,5-10,13-14H2,1H3. The second-order valence-electron chi connectivity index (χ2n) is 7.18. The summed E-state index contributed by atoms with van der Waals surface area (Å²) in [5, 5.41) is 8.84. The number of rotatable bonds is 4. The van der Waals surface area contributed by atoms with Crippen LogP contribution in [0.4, 0.5) is 0 Å². The molecule has 7 nitrogen and oxygen atoms in total. The van der Waals surface area contributed by atoms with Gasteiger partial charge in [-0.05, 0) is 31.4 Å². The zero-order chi connectivity index (χ0) is 18.6. The lowest BCUT2D eigenvalue weighted by atomic mass is 9.73. The molecule has 3 rings (SSSR count). The van der Waals surface area contributed by atoms with E-state index in [0.717, 1.165) is 19.3 Å². The van der Waals surface area contributed by atoms with E-state index in [1.54, 1.807) is 19.2 Å². The second kappa shape index (κ2) is 7.83. The quantitative estimate of drug-likeness (QED) is 0.815. The van der Waals surface area contributed by atoms with Crippen molar-refractivity contribution in [3.8, 4) is 6.07 Å². The third-order valence-electron chi connectivity index (χ3n) is 5.39. The fourth-order valence-corrected chi connectivity index (χ4v) is 3.99. The number of piperidine rings is 2. The molecule has 2 fully saturated rings. The number of carbonyl (C=O) groups is 2. The Morgan fingerprint density at radius 1 is 1.38 bits per heavy atom. The first-order valence-corrected chi connectivity index (χ1v) is 8.99. The summed E-state index contributed by atoms with van der Waals surface area (Å²) < 4.78 is 5.12. The number of hydrogen-bond acceptors (Lipinski definition) is 5. The number of aromatic nitrogens is 1. The SMILES string of the molecule is COCCN1CC2(CCCN(C(=O)c3ccc(C#N)nc3)C2)CCC1=O. The molecule has 0 radical (unpaired) electrons. The molecular weight excluding hydrogens is 332 g/mol. The van der Waals surface area contributed by atoms with Crippen molar-refractivity contribution in [2.24, 2.45) is 5.41 Å². The first-order valence-electron chi connectivity index (χ1n) is 8.99. The van der Waals surface area contributed by atoms with E-state index in [1.165, 1.54) is 6.20 Å². The van der Waals surface area contributed by atoms with Gasteiger partial charge in [-0.3, -0.25) is 9.59 Å². The molecule has 1 aromatic rings. The van der Waals surface area contributed by atoms with Gasteiger partial charge >= 0.3 is 0 Å². The maximum Gasteiger partial charge on any atom is 0.255 e. The highest BCUT2D eigenvalue weighted by Gasteiger charge is 2.42. The molecular formula is C19H24N4O3. The summed E-state index contributed by atoms with van der Waals surface area (Å²) in [6.45, 7) is 3.19. The van der Waals surface area contributed by atoms with Gasteiger partial charge in [0.2, 0.25) is 5.91 Å². The first-order chi connectivity index (χ1) is 12.6. The van der Waals surface area contributed by atoms with E-state index < -0.39 is 0 Å². The predicted octanol–water partition coefficient (Wildman–Crippen LogP) is 1.44. The fraction of sp³-hybridized carbons (Fsp3) is 0.579. The summed E-state index contributed by atoms with van der Waals surface area (Å²) in [5.41, 5.74) is 0.774. The first kappa shape index (κ1) is 18.3. The second-order valence-corrected chi connectivity index (χ2v) is 7.18. The van der Waals surface area contributed by atoms with Crippen LogP contribution in [-0.4, -0.2) is 66.5 Å². The van der Waals surface area contributed by atoms with E-state index in [0.29, 0.717) is 50.5 Å². The van der Waals surface area contributed by atoms with Crippen molar-refractivity contribution < 1.29 is 14.3 Å². The van der Waals surface area contributed by atoms with Crippen LogP contribution >= 0.6 is 0 Å². The molecule has 1 unspecified atom stereocenters. The molecule has 138 valence electrons. The molecule has 2 saturated heterocycles. The maximum absolute atomic E-state index is 12.8. The molecule has 1 spiro atoms. The van der Waals surface area contributed by atoms with Crippen molar-refractivity contribution in [1.82, 2.24) is 14.8 Å². The largest absolute Gasteiger partial charge is 0.383 e. The molecule has 0 aromatic carbocycles. The van der Waals surface area contributed by atoms with Crippen LogP contribution < -0.4 is 0 Å². The summed E-state index contributed by atoms with van der Waals surface area (Å²) in [4.78, 5) is 32.8. The van der Waals surface area contributed by atoms with Gasteiger partial charge in [0.15, 0.2) is 0 Å². The summed E-state index contributed by atoms with van der Waals surface area (Å²) in [5.74, 6) is 0.119. The van der Waals surface area contributed by atoms with Crippen molar-refractivity contribution >= 4 is 11.8 Å². The van der Waals surface area contributed by atoms with Gasteiger partial charge in [0.05, 0.1) is 12.2 Å². The Bertz CT molecular complexity index is 712. The molecule has 2 aliphatic heterocycles. The number of hydrogen-bond donors (Lipinski definition) is 0. The number of methoxy groups -OCH3 is 1. The molecule has 26 heavy (non-hydrogen) atoms. The normalized spacial score (nSPS) is 23.2. The Kier molecular flexibility index (Phi) is 5.52. The van der Waals surface area contributed by atoms with Crippen molar-refractivity contribution in [2.75, 3.05) is 39.9 Å². The highest BCUT2D eigenvalue weighted by molar-refractivity contribution is 5.94. The van der Waals surface area contributed by atoms with Gasteiger partial charge in [-0.2, -0.15) is 5.26 Å². The molecule has 0 aliphatic carbocycles. The minimum atomic E-state index is -0.0543. The Labute approximate surface area is 153 Å². The average molecular weight is 356 g/mol. The van der Waals surface area contributed by atoms with Crippen LogP contribution in [0.3, 0.4) is 0 Å². The van der Waals surface area contributed by atoms with Crippen molar-refractivity contribution in [3.05, 3.63) is 29.6 Å². The van der Waals surface area contributed by atoms with Crippen molar-refractivity contribution in [2.45, 2.75) is 25.7 Å². The van der Waals surface area contributed by atoms with E-state index in [4.69, 9.17) is 10.00 Å². The van der Waals surface area contributed by atoms with Gasteiger partial charge < -0.3 is 14.5 Å². The zero-order valence-corrected chi connectivity index (χ0v) is 15.1. The molecule has 0 bridgehead atoms. The highest BCUT2D eigenvalue weighted by Crippen LogP contribution is 2.39. The molecule has 0 saturated carbocycles. The van der Waals surface area contributed by atoms with E-state index >= 15 is 0 Å². The molecule has 2 amide bonds. The summed E-state index contributed by atoms with van der Waals surface area (Å²) in [6, 6.07) is 5.19. The maximum atomic E-state index is 12.8. The lowest BCUT2D eigenvalue weighted by molar-refractivity contribution is -0.139. The van der Waals surface area contributed by atoms with Gasteiger partial charge in [-0.1, -0.05) is 0 Å². The third kappa shape index (κ3) is 3.86. The summed E-state index contributed by atoms with van der Waals surface area (Å²) in [6.07, 6.45) is 4.78. The van der Waals surface area contributed by atoms with Crippen molar-refractivity contribution in [1.29, 1.82) is 5.26 Å². The predicted molar refractivity (Wildman–Crippen MR) is 94.2 cm³/mol. The number of amides is 2. The number of nitriles is 1. The van der Waals surface area contributed by atoms with Crippen LogP contribution in [-0.2, 0) is 9.53 Å². The van der Waals surface area contributed by atoms with Gasteiger partial charge in [0, 0.05) is 51.3 Å². The topological polar surface area (TPSA) is 86.5 Å². The number of likely N-dealkylation sites (tertiary alicyclic amines) is 2. The number of ether oxygens (including phenoxy) is 1. The van der Waals surface area contributed by atoms with E-state index in [2.05, 4.69) is 4.98 Å². The molecule has 0 N–H and O–H groups in total. The zero-order valence-electron chi connectivity index (χ0n) is 15.1. The van der Waals surface area contributed by atoms with Crippen LogP contribution in [0.5, 0.6) is 0 Å². The van der Waals surface area contributed by atoms with Crippen LogP contribution in [0.25, 0.3) is 0 Å². The number of pyridine rings is 1. The molecule has 1 atom stereocenters. The van der Waals surface area contributed by atoms with Gasteiger partial charge in [-0.25, -0.2) is 4.98 Å². The Balaban J connectivity index is 1.70. The number of carbonyl (C=O) groups excluding carboxylic acids is 2. The van der Waals surface area contributed by atoms with Crippen LogP contribution in [0.2, 0.25) is 0 Å². The molecule has 2 aliphatic rings. The third-order valence-corrected chi connectivity index (χ3v) is 5.39. The van der Waals surface area contributed by atoms with Gasteiger partial charge in [-0.15, -0.1) is 0 Å². The fourth-order valence-electron chi connectivity index (χ4n) is 3.99. The van der Waals surface area contributed by atoms with Gasteiger partial charge in [0.1, 0.15) is 11.8 Å². The van der Waals surface area contributed by atoms with Crippen LogP contribution in [0.15, 0.2) is 18.3 Å². The van der Waals surface area contributed by atoms with E-state index in [9.17, 15) is 9.59 Å². The lowest BCUT2D eigenvalue weighted by Gasteiger charge is -2.48. The molecule has 1 aromatic heterocycles. The van der Waals surface area contributed by atoms with Crippen LogP contribution in [0, 0.1) is 16.7 Å². The lowest BCUT2D eigenvalue weighted by Crippen LogP contribution is -2.55. The Morgan fingerprint density at radius 3 is 2.92 bits per heavy atom. The van der Waals surface area contributed by atoms with Crippen LogP contribution in [0.1, 0.15) is 41.7 Å². The van der Waals surface area contributed by atoms with Gasteiger partial charge in [0.25, 0.3) is 5.91 Å². The van der Waals surface area contributed by atoms with E-state index in [1.807, 2.05) is 15.9 Å². The summed E-state index contributed by atoms with van der Waals surface area (Å²) in [7, 11) is 1.64. The Hall–Kier alpha value is -2.46.